The van der Waals surface area contributed by atoms with Crippen molar-refractivity contribution in [3.63, 3.8) is 0 Å². The van der Waals surface area contributed by atoms with E-state index in [4.69, 9.17) is 10.5 Å². The molecule has 0 saturated carbocycles. The predicted molar refractivity (Wildman–Crippen MR) is 75.3 cm³/mol. The average molecular weight is 296 g/mol. The van der Waals surface area contributed by atoms with Crippen molar-refractivity contribution in [2.24, 2.45) is 0 Å². The number of aliphatic hydroxyl groups excluding tert-OH is 2. The van der Waals surface area contributed by atoms with Crippen LogP contribution in [-0.4, -0.2) is 49.3 Å². The van der Waals surface area contributed by atoms with E-state index in [1.54, 1.807) is 11.5 Å². The van der Waals surface area contributed by atoms with Crippen LogP contribution in [0, 0.1) is 0 Å². The number of aliphatic hydroxyl groups is 2. The Hall–Kier alpha value is -1.35. The van der Waals surface area contributed by atoms with Gasteiger partial charge in [-0.15, -0.1) is 11.8 Å². The molecule has 0 radical (unpaired) electrons. The third kappa shape index (κ3) is 1.87. The summed E-state index contributed by atoms with van der Waals surface area (Å²) in [6.45, 7) is 1.72. The molecule has 1 aliphatic rings. The lowest BCUT2D eigenvalue weighted by Crippen LogP contribution is -2.30. The predicted octanol–water partition coefficient (Wildman–Crippen LogP) is 0.375. The zero-order valence-electron chi connectivity index (χ0n) is 11.1. The normalized spacial score (nSPS) is 30.2. The summed E-state index contributed by atoms with van der Waals surface area (Å²) >= 11 is 1.51. The van der Waals surface area contributed by atoms with Gasteiger partial charge in [0.25, 0.3) is 0 Å². The standard InChI is InChI=1S/C12H16N4O3S/c1-5-8(17)9(18)12(19-5)16-3-6(20-2)7-10(13)14-4-15-11(7)16/h3-5,8-9,12,17-18H,1-2H3,(H2,13,14,15). The van der Waals surface area contributed by atoms with Crippen molar-refractivity contribution < 1.29 is 14.9 Å². The lowest BCUT2D eigenvalue weighted by molar-refractivity contribution is -0.0298. The molecular formula is C12H16N4O3S. The van der Waals surface area contributed by atoms with E-state index in [1.807, 2.05) is 12.5 Å². The molecule has 1 fully saturated rings. The lowest BCUT2D eigenvalue weighted by atomic mass is 10.1. The van der Waals surface area contributed by atoms with Gasteiger partial charge in [-0.05, 0) is 13.2 Å². The van der Waals surface area contributed by atoms with Crippen LogP contribution in [0.25, 0.3) is 11.0 Å². The largest absolute Gasteiger partial charge is 0.388 e. The van der Waals surface area contributed by atoms with Gasteiger partial charge in [0.15, 0.2) is 6.23 Å². The number of aromatic nitrogens is 3. The minimum absolute atomic E-state index is 0.388. The Kier molecular flexibility index (Phi) is 3.33. The first-order chi connectivity index (χ1) is 9.54. The van der Waals surface area contributed by atoms with Gasteiger partial charge >= 0.3 is 0 Å². The molecule has 3 heterocycles. The molecule has 4 unspecified atom stereocenters. The number of rotatable bonds is 2. The molecule has 8 heteroatoms. The van der Waals surface area contributed by atoms with E-state index in [2.05, 4.69) is 9.97 Å². The maximum absolute atomic E-state index is 10.1. The fraction of sp³-hybridized carbons (Fsp3) is 0.500. The van der Waals surface area contributed by atoms with Gasteiger partial charge in [-0.2, -0.15) is 0 Å². The fourth-order valence-electron chi connectivity index (χ4n) is 2.48. The maximum Gasteiger partial charge on any atom is 0.164 e. The summed E-state index contributed by atoms with van der Waals surface area (Å²) in [5.74, 6) is 0.388. The van der Waals surface area contributed by atoms with E-state index >= 15 is 0 Å². The summed E-state index contributed by atoms with van der Waals surface area (Å²) in [5.41, 5.74) is 6.49. The molecule has 0 aliphatic carbocycles. The van der Waals surface area contributed by atoms with Gasteiger partial charge in [-0.25, -0.2) is 9.97 Å². The van der Waals surface area contributed by atoms with Crippen LogP contribution in [0.5, 0.6) is 0 Å². The number of nitrogens with zero attached hydrogens (tertiary/aromatic N) is 3. The first kappa shape index (κ1) is 13.6. The third-order valence-corrected chi connectivity index (χ3v) is 4.32. The number of fused-ring (bicyclic) bond motifs is 1. The van der Waals surface area contributed by atoms with E-state index in [9.17, 15) is 10.2 Å². The monoisotopic (exact) mass is 296 g/mol. The van der Waals surface area contributed by atoms with Gasteiger partial charge in [-0.1, -0.05) is 0 Å². The van der Waals surface area contributed by atoms with Crippen LogP contribution in [-0.2, 0) is 4.74 Å². The molecule has 7 nitrogen and oxygen atoms in total. The molecule has 20 heavy (non-hydrogen) atoms. The van der Waals surface area contributed by atoms with E-state index in [-0.39, 0.29) is 0 Å². The van der Waals surface area contributed by atoms with Crippen LogP contribution in [0.3, 0.4) is 0 Å². The molecule has 0 amide bonds. The number of hydrogen-bond donors (Lipinski definition) is 3. The number of nitrogens with two attached hydrogens (primary N) is 1. The maximum atomic E-state index is 10.1. The second kappa shape index (κ2) is 4.88. The van der Waals surface area contributed by atoms with Crippen molar-refractivity contribution in [3.05, 3.63) is 12.5 Å². The molecule has 2 aromatic rings. The Balaban J connectivity index is 2.16. The van der Waals surface area contributed by atoms with Crippen molar-refractivity contribution in [2.45, 2.75) is 36.4 Å². The molecule has 3 rings (SSSR count). The quantitative estimate of drug-likeness (QED) is 0.687. The van der Waals surface area contributed by atoms with E-state index in [0.29, 0.717) is 11.5 Å². The van der Waals surface area contributed by atoms with Crippen LogP contribution in [0.2, 0.25) is 0 Å². The molecule has 108 valence electrons. The molecule has 1 saturated heterocycles. The molecule has 0 spiro atoms. The molecule has 0 bridgehead atoms. The first-order valence-corrected chi connectivity index (χ1v) is 7.43. The highest BCUT2D eigenvalue weighted by atomic mass is 32.2. The fourth-order valence-corrected chi connectivity index (χ4v) is 3.10. The molecular weight excluding hydrogens is 280 g/mol. The Morgan fingerprint density at radius 2 is 2.10 bits per heavy atom. The van der Waals surface area contributed by atoms with Gasteiger partial charge in [-0.3, -0.25) is 0 Å². The van der Waals surface area contributed by atoms with E-state index in [1.165, 1.54) is 18.1 Å². The van der Waals surface area contributed by atoms with Gasteiger partial charge in [0, 0.05) is 11.1 Å². The third-order valence-electron chi connectivity index (χ3n) is 3.58. The van der Waals surface area contributed by atoms with Gasteiger partial charge in [0.05, 0.1) is 11.5 Å². The minimum Gasteiger partial charge on any atom is -0.388 e. The van der Waals surface area contributed by atoms with Crippen molar-refractivity contribution in [1.82, 2.24) is 14.5 Å². The highest BCUT2D eigenvalue weighted by molar-refractivity contribution is 7.98. The Labute approximate surface area is 119 Å². The zero-order valence-corrected chi connectivity index (χ0v) is 11.9. The second-order valence-electron chi connectivity index (χ2n) is 4.78. The molecule has 4 atom stereocenters. The SMILES string of the molecule is CSc1cn(C2OC(C)C(O)C2O)c2ncnc(N)c12. The smallest absolute Gasteiger partial charge is 0.164 e. The van der Waals surface area contributed by atoms with Gasteiger partial charge in [0.1, 0.15) is 30.0 Å². The van der Waals surface area contributed by atoms with Crippen molar-refractivity contribution in [3.8, 4) is 0 Å². The number of anilines is 1. The minimum atomic E-state index is -1.01. The van der Waals surface area contributed by atoms with Gasteiger partial charge < -0.3 is 25.3 Å². The van der Waals surface area contributed by atoms with Crippen LogP contribution >= 0.6 is 11.8 Å². The molecule has 1 aliphatic heterocycles. The number of hydrogen-bond acceptors (Lipinski definition) is 7. The van der Waals surface area contributed by atoms with Crippen LogP contribution in [0.15, 0.2) is 17.4 Å². The number of nitrogen functional groups attached to an aromatic ring is 1. The van der Waals surface area contributed by atoms with Crippen LogP contribution in [0.1, 0.15) is 13.2 Å². The van der Waals surface area contributed by atoms with Crippen molar-refractivity contribution in [1.29, 1.82) is 0 Å². The number of ether oxygens (including phenoxy) is 1. The van der Waals surface area contributed by atoms with Crippen molar-refractivity contribution in [2.75, 3.05) is 12.0 Å². The topological polar surface area (TPSA) is 106 Å². The lowest BCUT2D eigenvalue weighted by Gasteiger charge is -2.17. The Morgan fingerprint density at radius 3 is 2.70 bits per heavy atom. The van der Waals surface area contributed by atoms with Crippen molar-refractivity contribution >= 4 is 28.6 Å². The highest BCUT2D eigenvalue weighted by Crippen LogP contribution is 2.36. The second-order valence-corrected chi connectivity index (χ2v) is 5.62. The summed E-state index contributed by atoms with van der Waals surface area (Å²) in [5, 5.41) is 20.7. The molecule has 4 N–H and O–H groups in total. The molecule has 2 aromatic heterocycles. The van der Waals surface area contributed by atoms with E-state index in [0.717, 1.165) is 10.3 Å². The summed E-state index contributed by atoms with van der Waals surface area (Å²) in [6, 6.07) is 0. The van der Waals surface area contributed by atoms with Crippen LogP contribution < -0.4 is 5.73 Å². The first-order valence-electron chi connectivity index (χ1n) is 6.21. The van der Waals surface area contributed by atoms with Gasteiger partial charge in [0.2, 0.25) is 0 Å². The molecule has 0 aromatic carbocycles. The number of thioether (sulfide) groups is 1. The Bertz CT molecular complexity index is 647. The summed E-state index contributed by atoms with van der Waals surface area (Å²) in [6.07, 6.45) is 2.07. The van der Waals surface area contributed by atoms with E-state index < -0.39 is 24.5 Å². The zero-order chi connectivity index (χ0) is 14.4. The highest BCUT2D eigenvalue weighted by Gasteiger charge is 2.42. The average Bonchev–Trinajstić information content (AvgIpc) is 2.93. The van der Waals surface area contributed by atoms with Crippen LogP contribution in [0.4, 0.5) is 5.82 Å². The summed E-state index contributed by atoms with van der Waals surface area (Å²) in [7, 11) is 0. The summed E-state index contributed by atoms with van der Waals surface area (Å²) < 4.78 is 7.34. The Morgan fingerprint density at radius 1 is 1.35 bits per heavy atom. The summed E-state index contributed by atoms with van der Waals surface area (Å²) in [4.78, 5) is 9.12.